The lowest BCUT2D eigenvalue weighted by atomic mass is 10.1. The number of nitrogens with zero attached hydrogens (tertiary/aromatic N) is 2. The van der Waals surface area contributed by atoms with Gasteiger partial charge in [-0.3, -0.25) is 0 Å². The van der Waals surface area contributed by atoms with E-state index in [0.717, 1.165) is 17.8 Å². The summed E-state index contributed by atoms with van der Waals surface area (Å²) >= 11 is 0. The fourth-order valence-electron chi connectivity index (χ4n) is 2.20. The van der Waals surface area contributed by atoms with E-state index in [2.05, 4.69) is 10.4 Å². The average molecular weight is 307 g/mol. The Hall–Kier alpha value is -1.66. The molecule has 21 heavy (non-hydrogen) atoms. The summed E-state index contributed by atoms with van der Waals surface area (Å²) in [5.41, 5.74) is 1.99. The third kappa shape index (κ3) is 4.68. The summed E-state index contributed by atoms with van der Waals surface area (Å²) in [5.74, 6) is 0.168. The summed E-state index contributed by atoms with van der Waals surface area (Å²) in [7, 11) is -2.96. The Morgan fingerprint density at radius 2 is 2.00 bits per heavy atom. The Morgan fingerprint density at radius 3 is 2.62 bits per heavy atom. The van der Waals surface area contributed by atoms with Crippen LogP contribution in [0.4, 0.5) is 0 Å². The van der Waals surface area contributed by atoms with Gasteiger partial charge >= 0.3 is 0 Å². The van der Waals surface area contributed by atoms with Crippen molar-refractivity contribution >= 4 is 9.84 Å². The molecule has 1 atom stereocenters. The minimum Gasteiger partial charge on any atom is -0.310 e. The Balaban J connectivity index is 2.16. The second-order valence-electron chi connectivity index (χ2n) is 5.08. The molecule has 2 aromatic rings. The number of hydrogen-bond acceptors (Lipinski definition) is 4. The van der Waals surface area contributed by atoms with E-state index in [1.165, 1.54) is 6.26 Å². The molecule has 1 aromatic heterocycles. The Kier molecular flexibility index (Phi) is 5.14. The molecule has 0 aliphatic carbocycles. The van der Waals surface area contributed by atoms with Crippen molar-refractivity contribution in [2.24, 2.45) is 0 Å². The molecule has 0 aliphatic heterocycles. The van der Waals surface area contributed by atoms with Crippen LogP contribution in [0.15, 0.2) is 42.7 Å². The van der Waals surface area contributed by atoms with Crippen LogP contribution in [-0.4, -0.2) is 36.8 Å². The van der Waals surface area contributed by atoms with E-state index >= 15 is 0 Å². The van der Waals surface area contributed by atoms with Crippen LogP contribution in [0.3, 0.4) is 0 Å². The molecule has 0 saturated carbocycles. The van der Waals surface area contributed by atoms with Crippen molar-refractivity contribution in [1.82, 2.24) is 15.1 Å². The number of para-hydroxylation sites is 1. The molecule has 1 aromatic carbocycles. The van der Waals surface area contributed by atoms with E-state index in [1.807, 2.05) is 43.5 Å². The molecule has 2 rings (SSSR count). The molecule has 0 radical (unpaired) electrons. The molecule has 114 valence electrons. The van der Waals surface area contributed by atoms with Crippen molar-refractivity contribution in [2.45, 2.75) is 19.4 Å². The smallest absolute Gasteiger partial charge is 0.147 e. The number of benzene rings is 1. The van der Waals surface area contributed by atoms with E-state index < -0.39 is 9.84 Å². The number of aromatic nitrogens is 2. The van der Waals surface area contributed by atoms with Crippen LogP contribution in [0.1, 0.15) is 24.9 Å². The van der Waals surface area contributed by atoms with Crippen LogP contribution < -0.4 is 5.32 Å². The molecule has 0 aliphatic rings. The van der Waals surface area contributed by atoms with Gasteiger partial charge < -0.3 is 5.32 Å². The maximum Gasteiger partial charge on any atom is 0.147 e. The maximum absolute atomic E-state index is 11.3. The molecule has 0 fully saturated rings. The monoisotopic (exact) mass is 307 g/mol. The van der Waals surface area contributed by atoms with Gasteiger partial charge in [-0.25, -0.2) is 13.1 Å². The number of hydrogen-bond donors (Lipinski definition) is 1. The Labute approximate surface area is 125 Å². The summed E-state index contributed by atoms with van der Waals surface area (Å²) in [4.78, 5) is 0. The fraction of sp³-hybridized carbons (Fsp3) is 0.400. The Morgan fingerprint density at radius 1 is 1.29 bits per heavy atom. The van der Waals surface area contributed by atoms with Gasteiger partial charge in [0, 0.05) is 24.1 Å². The largest absolute Gasteiger partial charge is 0.310 e. The zero-order valence-electron chi connectivity index (χ0n) is 12.4. The summed E-state index contributed by atoms with van der Waals surface area (Å²) < 4.78 is 24.5. The molecule has 0 saturated heterocycles. The van der Waals surface area contributed by atoms with Crippen LogP contribution in [-0.2, 0) is 9.84 Å². The van der Waals surface area contributed by atoms with Crippen LogP contribution in [0.2, 0.25) is 0 Å². The van der Waals surface area contributed by atoms with E-state index in [-0.39, 0.29) is 11.8 Å². The molecule has 1 unspecified atom stereocenters. The van der Waals surface area contributed by atoms with Gasteiger partial charge in [-0.05, 0) is 25.1 Å². The fourth-order valence-corrected chi connectivity index (χ4v) is 2.87. The molecule has 0 spiro atoms. The van der Waals surface area contributed by atoms with Gasteiger partial charge in [0.1, 0.15) is 9.84 Å². The van der Waals surface area contributed by atoms with Crippen LogP contribution >= 0.6 is 0 Å². The molecule has 1 heterocycles. The summed E-state index contributed by atoms with van der Waals surface area (Å²) in [6.07, 6.45) is 5.56. The van der Waals surface area contributed by atoms with Gasteiger partial charge in [0.15, 0.2) is 0 Å². The van der Waals surface area contributed by atoms with E-state index in [0.29, 0.717) is 6.42 Å². The highest BCUT2D eigenvalue weighted by atomic mass is 32.2. The molecule has 6 heteroatoms. The van der Waals surface area contributed by atoms with Crippen molar-refractivity contribution in [3.8, 4) is 5.69 Å². The van der Waals surface area contributed by atoms with Gasteiger partial charge in [-0.2, -0.15) is 5.10 Å². The standard InChI is InChI=1S/C15H21N3O2S/c1-3-16-15(9-10-21(2,19)20)13-11-17-18(12-13)14-7-5-4-6-8-14/h4-8,11-12,15-16H,3,9-10H2,1-2H3. The lowest BCUT2D eigenvalue weighted by Gasteiger charge is -2.15. The highest BCUT2D eigenvalue weighted by Gasteiger charge is 2.15. The predicted molar refractivity (Wildman–Crippen MR) is 84.3 cm³/mol. The van der Waals surface area contributed by atoms with E-state index in [9.17, 15) is 8.42 Å². The van der Waals surface area contributed by atoms with Crippen molar-refractivity contribution in [1.29, 1.82) is 0 Å². The summed E-state index contributed by atoms with van der Waals surface area (Å²) in [6.45, 7) is 2.79. The number of nitrogens with one attached hydrogen (secondary N) is 1. The van der Waals surface area contributed by atoms with Crippen LogP contribution in [0.5, 0.6) is 0 Å². The molecule has 1 N–H and O–H groups in total. The van der Waals surface area contributed by atoms with Crippen LogP contribution in [0, 0.1) is 0 Å². The first-order valence-electron chi connectivity index (χ1n) is 7.00. The highest BCUT2D eigenvalue weighted by molar-refractivity contribution is 7.90. The molecule has 0 amide bonds. The number of rotatable bonds is 7. The van der Waals surface area contributed by atoms with Gasteiger partial charge in [-0.1, -0.05) is 25.1 Å². The summed E-state index contributed by atoms with van der Waals surface area (Å²) in [6, 6.07) is 9.85. The lowest BCUT2D eigenvalue weighted by Crippen LogP contribution is -2.23. The lowest BCUT2D eigenvalue weighted by molar-refractivity contribution is 0.530. The second kappa shape index (κ2) is 6.87. The van der Waals surface area contributed by atoms with Gasteiger partial charge in [0.2, 0.25) is 0 Å². The third-order valence-corrected chi connectivity index (χ3v) is 4.23. The van der Waals surface area contributed by atoms with Crippen LogP contribution in [0.25, 0.3) is 5.69 Å². The highest BCUT2D eigenvalue weighted by Crippen LogP contribution is 2.18. The first-order valence-corrected chi connectivity index (χ1v) is 9.07. The quantitative estimate of drug-likeness (QED) is 0.849. The summed E-state index contributed by atoms with van der Waals surface area (Å²) in [5, 5.41) is 7.68. The third-order valence-electron chi connectivity index (χ3n) is 3.25. The van der Waals surface area contributed by atoms with Crippen molar-refractivity contribution in [2.75, 3.05) is 18.6 Å². The predicted octanol–water partition coefficient (Wildman–Crippen LogP) is 1.96. The van der Waals surface area contributed by atoms with Gasteiger partial charge in [-0.15, -0.1) is 0 Å². The molecular formula is C15H21N3O2S. The van der Waals surface area contributed by atoms with E-state index in [1.54, 1.807) is 10.9 Å². The normalized spacial score (nSPS) is 13.2. The van der Waals surface area contributed by atoms with Crippen molar-refractivity contribution < 1.29 is 8.42 Å². The minimum absolute atomic E-state index is 0.00203. The first-order chi connectivity index (χ1) is 9.99. The van der Waals surface area contributed by atoms with Gasteiger partial charge in [0.05, 0.1) is 17.6 Å². The van der Waals surface area contributed by atoms with Gasteiger partial charge in [0.25, 0.3) is 0 Å². The molecule has 5 nitrogen and oxygen atoms in total. The average Bonchev–Trinajstić information content (AvgIpc) is 2.93. The molecule has 0 bridgehead atoms. The van der Waals surface area contributed by atoms with Crippen molar-refractivity contribution in [3.63, 3.8) is 0 Å². The van der Waals surface area contributed by atoms with E-state index in [4.69, 9.17) is 0 Å². The second-order valence-corrected chi connectivity index (χ2v) is 7.34. The minimum atomic E-state index is -2.96. The molecular weight excluding hydrogens is 286 g/mol. The topological polar surface area (TPSA) is 64.0 Å². The van der Waals surface area contributed by atoms with Crippen molar-refractivity contribution in [3.05, 3.63) is 48.3 Å². The zero-order chi connectivity index (χ0) is 15.3. The number of sulfone groups is 1. The SMILES string of the molecule is CCNC(CCS(C)(=O)=O)c1cnn(-c2ccccc2)c1. The maximum atomic E-state index is 11.3. The Bertz CT molecular complexity index is 665. The first kappa shape index (κ1) is 15.7. The zero-order valence-corrected chi connectivity index (χ0v) is 13.2.